The third kappa shape index (κ3) is 3.99. The van der Waals surface area contributed by atoms with Gasteiger partial charge in [-0.25, -0.2) is 0 Å². The summed E-state index contributed by atoms with van der Waals surface area (Å²) in [5.41, 5.74) is 0.197. The first-order chi connectivity index (χ1) is 9.90. The van der Waals surface area contributed by atoms with E-state index in [9.17, 15) is 5.26 Å². The Bertz CT molecular complexity index is 371. The van der Waals surface area contributed by atoms with Gasteiger partial charge in [0.15, 0.2) is 0 Å². The van der Waals surface area contributed by atoms with E-state index in [1.165, 1.54) is 32.4 Å². The highest BCUT2D eigenvalue weighted by molar-refractivity contribution is 5.13. The summed E-state index contributed by atoms with van der Waals surface area (Å²) < 4.78 is 0. The van der Waals surface area contributed by atoms with E-state index in [0.29, 0.717) is 11.5 Å². The van der Waals surface area contributed by atoms with Gasteiger partial charge in [0, 0.05) is 6.04 Å². The molecule has 1 saturated carbocycles. The maximum absolute atomic E-state index is 9.58. The van der Waals surface area contributed by atoms with Gasteiger partial charge in [-0.15, -0.1) is 0 Å². The van der Waals surface area contributed by atoms with Gasteiger partial charge in [0.05, 0.1) is 6.07 Å². The lowest BCUT2D eigenvalue weighted by Crippen LogP contribution is -2.46. The number of likely N-dealkylation sites (tertiary alicyclic amines) is 1. The number of piperidine rings is 1. The zero-order chi connectivity index (χ0) is 15.5. The van der Waals surface area contributed by atoms with Gasteiger partial charge < -0.3 is 4.90 Å². The SMILES string of the molecule is CCCNC1(C#N)CCC(N2CCC(C(C)(C)C)CC2)C1. The van der Waals surface area contributed by atoms with Crippen molar-refractivity contribution in [3.05, 3.63) is 0 Å². The first-order valence-electron chi connectivity index (χ1n) is 8.80. The van der Waals surface area contributed by atoms with Gasteiger partial charge in [0.2, 0.25) is 0 Å². The van der Waals surface area contributed by atoms with Gasteiger partial charge in [-0.1, -0.05) is 27.7 Å². The summed E-state index contributed by atoms with van der Waals surface area (Å²) in [6.07, 6.45) is 6.97. The minimum absolute atomic E-state index is 0.248. The van der Waals surface area contributed by atoms with Crippen LogP contribution in [0.3, 0.4) is 0 Å². The molecule has 3 nitrogen and oxygen atoms in total. The molecule has 1 aliphatic heterocycles. The molecule has 2 rings (SSSR count). The van der Waals surface area contributed by atoms with E-state index >= 15 is 0 Å². The van der Waals surface area contributed by atoms with Crippen LogP contribution < -0.4 is 5.32 Å². The molecule has 2 fully saturated rings. The molecule has 3 heteroatoms. The lowest BCUT2D eigenvalue weighted by atomic mass is 9.75. The van der Waals surface area contributed by atoms with Gasteiger partial charge >= 0.3 is 0 Å². The number of nitrogens with one attached hydrogen (secondary N) is 1. The molecule has 0 aromatic carbocycles. The van der Waals surface area contributed by atoms with Crippen LogP contribution in [0.15, 0.2) is 0 Å². The van der Waals surface area contributed by atoms with Crippen LogP contribution in [0, 0.1) is 22.7 Å². The van der Waals surface area contributed by atoms with Crippen molar-refractivity contribution >= 4 is 0 Å². The lowest BCUT2D eigenvalue weighted by molar-refractivity contribution is 0.0824. The quantitative estimate of drug-likeness (QED) is 0.861. The van der Waals surface area contributed by atoms with Crippen LogP contribution in [0.5, 0.6) is 0 Å². The van der Waals surface area contributed by atoms with E-state index in [1.807, 2.05) is 0 Å². The molecule has 2 atom stereocenters. The number of nitriles is 1. The molecule has 0 amide bonds. The van der Waals surface area contributed by atoms with Gasteiger partial charge in [0.1, 0.15) is 5.54 Å². The van der Waals surface area contributed by atoms with Gasteiger partial charge in [-0.3, -0.25) is 5.32 Å². The monoisotopic (exact) mass is 291 g/mol. The van der Waals surface area contributed by atoms with Crippen LogP contribution in [0.4, 0.5) is 0 Å². The molecule has 2 aliphatic rings. The van der Waals surface area contributed by atoms with Crippen molar-refractivity contribution in [1.29, 1.82) is 5.26 Å². The Balaban J connectivity index is 1.87. The number of hydrogen-bond donors (Lipinski definition) is 1. The standard InChI is InChI=1S/C18H33N3/c1-5-10-20-18(14-19)9-6-16(13-18)21-11-7-15(8-12-21)17(2,3)4/h15-16,20H,5-13H2,1-4H3. The molecular formula is C18H33N3. The van der Waals surface area contributed by atoms with Crippen LogP contribution in [0.25, 0.3) is 0 Å². The van der Waals surface area contributed by atoms with Crippen LogP contribution >= 0.6 is 0 Å². The molecule has 120 valence electrons. The lowest BCUT2D eigenvalue weighted by Gasteiger charge is -2.41. The predicted molar refractivity (Wildman–Crippen MR) is 88.0 cm³/mol. The summed E-state index contributed by atoms with van der Waals surface area (Å²) in [5, 5.41) is 13.1. The van der Waals surface area contributed by atoms with Crippen molar-refractivity contribution in [2.24, 2.45) is 11.3 Å². The largest absolute Gasteiger partial charge is 0.300 e. The molecular weight excluding hydrogens is 258 g/mol. The third-order valence-electron chi connectivity index (χ3n) is 5.69. The fourth-order valence-electron chi connectivity index (χ4n) is 4.13. The molecule has 1 N–H and O–H groups in total. The normalized spacial score (nSPS) is 32.2. The summed E-state index contributed by atoms with van der Waals surface area (Å²) in [4.78, 5) is 2.66. The molecule has 1 saturated heterocycles. The number of rotatable bonds is 4. The molecule has 2 unspecified atom stereocenters. The van der Waals surface area contributed by atoms with Crippen molar-refractivity contribution in [1.82, 2.24) is 10.2 Å². The summed E-state index contributed by atoms with van der Waals surface area (Å²) in [7, 11) is 0. The Morgan fingerprint density at radius 2 is 1.90 bits per heavy atom. The van der Waals surface area contributed by atoms with Gasteiger partial charge in [-0.2, -0.15) is 5.26 Å². The first kappa shape index (κ1) is 16.8. The van der Waals surface area contributed by atoms with Crippen molar-refractivity contribution in [2.75, 3.05) is 19.6 Å². The predicted octanol–water partition coefficient (Wildman–Crippen LogP) is 3.56. The van der Waals surface area contributed by atoms with E-state index in [1.54, 1.807) is 0 Å². The third-order valence-corrected chi connectivity index (χ3v) is 5.69. The van der Waals surface area contributed by atoms with E-state index < -0.39 is 0 Å². The fourth-order valence-corrected chi connectivity index (χ4v) is 4.13. The second kappa shape index (κ2) is 6.67. The molecule has 1 aliphatic carbocycles. The van der Waals surface area contributed by atoms with Crippen LogP contribution in [-0.2, 0) is 0 Å². The number of hydrogen-bond acceptors (Lipinski definition) is 3. The Morgan fingerprint density at radius 1 is 1.24 bits per heavy atom. The smallest absolute Gasteiger partial charge is 0.108 e. The Kier molecular flexibility index (Phi) is 5.33. The highest BCUT2D eigenvalue weighted by atomic mass is 15.2. The van der Waals surface area contributed by atoms with E-state index in [0.717, 1.165) is 31.7 Å². The Labute approximate surface area is 131 Å². The number of nitrogens with zero attached hydrogens (tertiary/aromatic N) is 2. The van der Waals surface area contributed by atoms with Gasteiger partial charge in [0.25, 0.3) is 0 Å². The minimum Gasteiger partial charge on any atom is -0.300 e. The van der Waals surface area contributed by atoms with Crippen LogP contribution in [0.2, 0.25) is 0 Å². The second-order valence-corrected chi connectivity index (χ2v) is 8.19. The van der Waals surface area contributed by atoms with Crippen molar-refractivity contribution in [3.63, 3.8) is 0 Å². The topological polar surface area (TPSA) is 39.1 Å². The zero-order valence-corrected chi connectivity index (χ0v) is 14.4. The average Bonchev–Trinajstić information content (AvgIpc) is 2.89. The first-order valence-corrected chi connectivity index (χ1v) is 8.80. The fraction of sp³-hybridized carbons (Fsp3) is 0.944. The van der Waals surface area contributed by atoms with E-state index in [-0.39, 0.29) is 5.54 Å². The maximum atomic E-state index is 9.58. The zero-order valence-electron chi connectivity index (χ0n) is 14.4. The highest BCUT2D eigenvalue weighted by Gasteiger charge is 2.42. The summed E-state index contributed by atoms with van der Waals surface area (Å²) in [6, 6.07) is 3.20. The van der Waals surface area contributed by atoms with Gasteiger partial charge in [-0.05, 0) is 69.5 Å². The molecule has 1 heterocycles. The van der Waals surface area contributed by atoms with Crippen LogP contribution in [-0.4, -0.2) is 36.1 Å². The van der Waals surface area contributed by atoms with Crippen molar-refractivity contribution in [2.45, 2.75) is 77.8 Å². The molecule has 0 aromatic rings. The summed E-state index contributed by atoms with van der Waals surface area (Å²) >= 11 is 0. The minimum atomic E-state index is -0.248. The van der Waals surface area contributed by atoms with E-state index in [2.05, 4.69) is 44.0 Å². The molecule has 0 radical (unpaired) electrons. The Hall–Kier alpha value is -0.590. The molecule has 21 heavy (non-hydrogen) atoms. The molecule has 0 aromatic heterocycles. The maximum Gasteiger partial charge on any atom is 0.108 e. The highest BCUT2D eigenvalue weighted by Crippen LogP contribution is 2.38. The van der Waals surface area contributed by atoms with Crippen LogP contribution in [0.1, 0.15) is 66.2 Å². The Morgan fingerprint density at radius 3 is 2.43 bits per heavy atom. The molecule has 0 bridgehead atoms. The second-order valence-electron chi connectivity index (χ2n) is 8.19. The van der Waals surface area contributed by atoms with Crippen molar-refractivity contribution in [3.8, 4) is 6.07 Å². The van der Waals surface area contributed by atoms with E-state index in [4.69, 9.17) is 0 Å². The molecule has 0 spiro atoms. The van der Waals surface area contributed by atoms with Crippen molar-refractivity contribution < 1.29 is 0 Å². The summed E-state index contributed by atoms with van der Waals surface area (Å²) in [5.74, 6) is 0.856. The summed E-state index contributed by atoms with van der Waals surface area (Å²) in [6.45, 7) is 12.7. The average molecular weight is 291 g/mol.